The van der Waals surface area contributed by atoms with Crippen molar-refractivity contribution in [3.63, 3.8) is 0 Å². The van der Waals surface area contributed by atoms with Gasteiger partial charge >= 0.3 is 0 Å². The zero-order valence-corrected chi connectivity index (χ0v) is 13.2. The maximum absolute atomic E-state index is 12.2. The molecule has 0 atom stereocenters. The number of nitrogens with zero attached hydrogens (tertiary/aromatic N) is 3. The summed E-state index contributed by atoms with van der Waals surface area (Å²) in [5.74, 6) is 0.340. The first-order valence-corrected chi connectivity index (χ1v) is 7.73. The van der Waals surface area contributed by atoms with Gasteiger partial charge in [-0.05, 0) is 25.0 Å². The van der Waals surface area contributed by atoms with Crippen LogP contribution in [0, 0.1) is 0 Å². The lowest BCUT2D eigenvalue weighted by Gasteiger charge is -2.14. The van der Waals surface area contributed by atoms with Gasteiger partial charge < -0.3 is 10.2 Å². The number of anilines is 2. The molecule has 1 fully saturated rings. The van der Waals surface area contributed by atoms with Gasteiger partial charge in [-0.2, -0.15) is 0 Å². The van der Waals surface area contributed by atoms with Gasteiger partial charge in [-0.3, -0.25) is 4.79 Å². The van der Waals surface area contributed by atoms with Crippen LogP contribution in [0.2, 0.25) is 10.0 Å². The van der Waals surface area contributed by atoms with Gasteiger partial charge in [0.05, 0.1) is 21.3 Å². The van der Waals surface area contributed by atoms with Crippen LogP contribution in [0.5, 0.6) is 0 Å². The van der Waals surface area contributed by atoms with Crippen LogP contribution in [0.15, 0.2) is 30.6 Å². The Hall–Kier alpha value is -1.85. The van der Waals surface area contributed by atoms with E-state index in [1.165, 1.54) is 12.4 Å². The minimum Gasteiger partial charge on any atom is -0.339 e. The number of amides is 1. The lowest BCUT2D eigenvalue weighted by molar-refractivity contribution is 0.0792. The predicted octanol–water partition coefficient (Wildman–Crippen LogP) is 3.76. The third kappa shape index (κ3) is 3.15. The Kier molecular flexibility index (Phi) is 4.45. The molecule has 0 bridgehead atoms. The molecular weight excluding hydrogens is 323 g/mol. The molecule has 0 saturated carbocycles. The van der Waals surface area contributed by atoms with Gasteiger partial charge in [0.2, 0.25) is 5.95 Å². The summed E-state index contributed by atoms with van der Waals surface area (Å²) < 4.78 is 0. The first-order valence-electron chi connectivity index (χ1n) is 6.97. The van der Waals surface area contributed by atoms with E-state index in [9.17, 15) is 4.79 Å². The Morgan fingerprint density at radius 3 is 2.50 bits per heavy atom. The number of benzene rings is 1. The van der Waals surface area contributed by atoms with E-state index in [2.05, 4.69) is 15.3 Å². The molecule has 1 aromatic heterocycles. The van der Waals surface area contributed by atoms with Gasteiger partial charge in [0, 0.05) is 25.5 Å². The van der Waals surface area contributed by atoms with Crippen molar-refractivity contribution in [3.05, 3.63) is 46.2 Å². The van der Waals surface area contributed by atoms with Crippen molar-refractivity contribution in [2.24, 2.45) is 0 Å². The predicted molar refractivity (Wildman–Crippen MR) is 86.9 cm³/mol. The average Bonchev–Trinajstić information content (AvgIpc) is 3.06. The zero-order valence-electron chi connectivity index (χ0n) is 11.7. The van der Waals surface area contributed by atoms with Crippen molar-refractivity contribution < 1.29 is 4.79 Å². The smallest absolute Gasteiger partial charge is 0.256 e. The number of hydrogen-bond acceptors (Lipinski definition) is 4. The second-order valence-corrected chi connectivity index (χ2v) is 5.81. The Morgan fingerprint density at radius 2 is 1.82 bits per heavy atom. The molecule has 1 aliphatic rings. The number of halogens is 2. The third-order valence-corrected chi connectivity index (χ3v) is 4.31. The molecule has 22 heavy (non-hydrogen) atoms. The van der Waals surface area contributed by atoms with E-state index in [0.29, 0.717) is 27.2 Å². The average molecular weight is 337 g/mol. The monoisotopic (exact) mass is 336 g/mol. The number of nitrogens with one attached hydrogen (secondary N) is 1. The normalized spacial score (nSPS) is 14.2. The number of aromatic nitrogens is 2. The second-order valence-electron chi connectivity index (χ2n) is 5.02. The highest BCUT2D eigenvalue weighted by molar-refractivity contribution is 6.43. The first-order chi connectivity index (χ1) is 10.6. The topological polar surface area (TPSA) is 58.1 Å². The lowest BCUT2D eigenvalue weighted by atomic mass is 10.3. The number of carbonyl (C=O) groups excluding carboxylic acids is 1. The van der Waals surface area contributed by atoms with Crippen LogP contribution in [-0.2, 0) is 0 Å². The lowest BCUT2D eigenvalue weighted by Crippen LogP contribution is -2.27. The molecule has 0 spiro atoms. The SMILES string of the molecule is O=C(c1cnc(Nc2cccc(Cl)c2Cl)nc1)N1CCCC1. The van der Waals surface area contributed by atoms with Crippen LogP contribution < -0.4 is 5.32 Å². The maximum Gasteiger partial charge on any atom is 0.256 e. The minimum atomic E-state index is -0.0233. The highest BCUT2D eigenvalue weighted by Crippen LogP contribution is 2.30. The van der Waals surface area contributed by atoms with Crippen LogP contribution in [0.1, 0.15) is 23.2 Å². The first kappa shape index (κ1) is 15.1. The van der Waals surface area contributed by atoms with Gasteiger partial charge in [-0.1, -0.05) is 29.3 Å². The largest absolute Gasteiger partial charge is 0.339 e. The standard InChI is InChI=1S/C15H14Cl2N4O/c16-11-4-3-5-12(13(11)17)20-15-18-8-10(9-19-15)14(22)21-6-1-2-7-21/h3-5,8-9H,1-2,6-7H2,(H,18,19,20). The molecule has 5 nitrogen and oxygen atoms in total. The van der Waals surface area contributed by atoms with E-state index >= 15 is 0 Å². The fourth-order valence-electron chi connectivity index (χ4n) is 2.33. The molecule has 0 radical (unpaired) electrons. The van der Waals surface area contributed by atoms with Gasteiger partial charge in [-0.25, -0.2) is 9.97 Å². The molecule has 2 heterocycles. The molecule has 1 saturated heterocycles. The summed E-state index contributed by atoms with van der Waals surface area (Å²) in [6.45, 7) is 1.61. The van der Waals surface area contributed by atoms with E-state index in [-0.39, 0.29) is 5.91 Å². The zero-order chi connectivity index (χ0) is 15.5. The molecule has 2 aromatic rings. The fraction of sp³-hybridized carbons (Fsp3) is 0.267. The second kappa shape index (κ2) is 6.50. The highest BCUT2D eigenvalue weighted by atomic mass is 35.5. The van der Waals surface area contributed by atoms with Crippen molar-refractivity contribution in [1.29, 1.82) is 0 Å². The Balaban J connectivity index is 1.74. The Morgan fingerprint density at radius 1 is 1.14 bits per heavy atom. The molecule has 1 amide bonds. The van der Waals surface area contributed by atoms with Gasteiger partial charge in [-0.15, -0.1) is 0 Å². The van der Waals surface area contributed by atoms with E-state index in [1.807, 2.05) is 4.90 Å². The Labute approximate surface area is 138 Å². The molecular formula is C15H14Cl2N4O. The Bertz CT molecular complexity index is 684. The summed E-state index contributed by atoms with van der Waals surface area (Å²) in [4.78, 5) is 22.4. The summed E-state index contributed by atoms with van der Waals surface area (Å²) >= 11 is 12.1. The molecule has 0 aliphatic carbocycles. The van der Waals surface area contributed by atoms with E-state index < -0.39 is 0 Å². The molecule has 1 aromatic carbocycles. The van der Waals surface area contributed by atoms with Crippen LogP contribution in [-0.4, -0.2) is 33.9 Å². The fourth-order valence-corrected chi connectivity index (χ4v) is 2.67. The molecule has 1 N–H and O–H groups in total. The summed E-state index contributed by atoms with van der Waals surface area (Å²) in [5.41, 5.74) is 1.11. The molecule has 7 heteroatoms. The number of likely N-dealkylation sites (tertiary alicyclic amines) is 1. The highest BCUT2D eigenvalue weighted by Gasteiger charge is 2.20. The van der Waals surface area contributed by atoms with Crippen molar-refractivity contribution in [2.75, 3.05) is 18.4 Å². The maximum atomic E-state index is 12.2. The number of carbonyl (C=O) groups is 1. The van der Waals surface area contributed by atoms with Crippen molar-refractivity contribution in [2.45, 2.75) is 12.8 Å². The van der Waals surface area contributed by atoms with Crippen molar-refractivity contribution >= 4 is 40.7 Å². The van der Waals surface area contributed by atoms with Crippen LogP contribution in [0.4, 0.5) is 11.6 Å². The van der Waals surface area contributed by atoms with Crippen LogP contribution in [0.3, 0.4) is 0 Å². The molecule has 3 rings (SSSR count). The quantitative estimate of drug-likeness (QED) is 0.926. The van der Waals surface area contributed by atoms with Gasteiger partial charge in [0.1, 0.15) is 0 Å². The molecule has 1 aliphatic heterocycles. The van der Waals surface area contributed by atoms with E-state index in [0.717, 1.165) is 25.9 Å². The van der Waals surface area contributed by atoms with Crippen LogP contribution in [0.25, 0.3) is 0 Å². The molecule has 0 unspecified atom stereocenters. The number of rotatable bonds is 3. The summed E-state index contributed by atoms with van der Waals surface area (Å²) in [6.07, 6.45) is 5.15. The minimum absolute atomic E-state index is 0.0233. The van der Waals surface area contributed by atoms with E-state index in [1.54, 1.807) is 18.2 Å². The molecule has 114 valence electrons. The van der Waals surface area contributed by atoms with Crippen molar-refractivity contribution in [1.82, 2.24) is 14.9 Å². The van der Waals surface area contributed by atoms with Gasteiger partial charge in [0.15, 0.2) is 0 Å². The third-order valence-electron chi connectivity index (χ3n) is 3.49. The van der Waals surface area contributed by atoms with Gasteiger partial charge in [0.25, 0.3) is 5.91 Å². The van der Waals surface area contributed by atoms with Crippen LogP contribution >= 0.6 is 23.2 Å². The van der Waals surface area contributed by atoms with Crippen molar-refractivity contribution in [3.8, 4) is 0 Å². The summed E-state index contributed by atoms with van der Waals surface area (Å²) in [7, 11) is 0. The number of hydrogen-bond donors (Lipinski definition) is 1. The summed E-state index contributed by atoms with van der Waals surface area (Å²) in [6, 6.07) is 5.26. The summed E-state index contributed by atoms with van der Waals surface area (Å²) in [5, 5.41) is 3.84. The van der Waals surface area contributed by atoms with E-state index in [4.69, 9.17) is 23.2 Å².